The Morgan fingerprint density at radius 3 is 2.38 bits per heavy atom. The van der Waals surface area contributed by atoms with Crippen LogP contribution in [0.15, 0.2) is 18.2 Å². The fraction of sp³-hybridized carbons (Fsp3) is 0.667. The summed E-state index contributed by atoms with van der Waals surface area (Å²) in [6, 6.07) is 6.29. The van der Waals surface area contributed by atoms with Gasteiger partial charge in [-0.2, -0.15) is 0 Å². The number of hydrogen-bond acceptors (Lipinski definition) is 2. The molecule has 1 aliphatic heterocycles. The first-order chi connectivity index (χ1) is 9.85. The maximum Gasteiger partial charge on any atom is 0.125 e. The first-order valence-corrected chi connectivity index (χ1v) is 8.39. The second kappa shape index (κ2) is 6.58. The Balaban J connectivity index is 2.38. The topological polar surface area (TPSA) is 21.3 Å². The van der Waals surface area contributed by atoms with Crippen LogP contribution in [0.3, 0.4) is 0 Å². The monoisotopic (exact) mass is 309 g/mol. The maximum atomic E-state index is 6.53. The van der Waals surface area contributed by atoms with Crippen LogP contribution < -0.4 is 10.1 Å². The fourth-order valence-corrected chi connectivity index (χ4v) is 3.90. The van der Waals surface area contributed by atoms with E-state index in [9.17, 15) is 0 Å². The van der Waals surface area contributed by atoms with Gasteiger partial charge in [0.15, 0.2) is 0 Å². The Morgan fingerprint density at radius 1 is 1.24 bits per heavy atom. The molecular weight excluding hydrogens is 282 g/mol. The molecule has 0 aliphatic carbocycles. The Hall–Kier alpha value is -0.730. The molecule has 0 bridgehead atoms. The van der Waals surface area contributed by atoms with Gasteiger partial charge in [0, 0.05) is 23.0 Å². The minimum atomic E-state index is -0.0726. The highest BCUT2D eigenvalue weighted by Crippen LogP contribution is 2.45. The lowest BCUT2D eigenvalue weighted by Gasteiger charge is -2.44. The van der Waals surface area contributed by atoms with Crippen LogP contribution in [0.5, 0.6) is 5.75 Å². The van der Waals surface area contributed by atoms with E-state index in [1.807, 2.05) is 25.2 Å². The molecule has 21 heavy (non-hydrogen) atoms. The summed E-state index contributed by atoms with van der Waals surface area (Å²) in [4.78, 5) is 0. The van der Waals surface area contributed by atoms with E-state index in [4.69, 9.17) is 16.3 Å². The lowest BCUT2D eigenvalue weighted by molar-refractivity contribution is -0.00522. The zero-order valence-electron chi connectivity index (χ0n) is 13.9. The number of hydrogen-bond donors (Lipinski definition) is 1. The van der Waals surface area contributed by atoms with E-state index in [-0.39, 0.29) is 5.60 Å². The average Bonchev–Trinajstić information content (AvgIpc) is 2.36. The first-order valence-electron chi connectivity index (χ1n) is 8.01. The molecule has 1 atom stereocenters. The molecule has 2 nitrogen and oxygen atoms in total. The summed E-state index contributed by atoms with van der Waals surface area (Å²) in [5, 5.41) is 4.23. The van der Waals surface area contributed by atoms with Crippen LogP contribution in [-0.4, -0.2) is 12.6 Å². The highest BCUT2D eigenvalue weighted by Gasteiger charge is 2.41. The lowest BCUT2D eigenvalue weighted by atomic mass is 9.77. The molecule has 0 radical (unpaired) electrons. The number of fused-ring (bicyclic) bond motifs is 1. The Kier molecular flexibility index (Phi) is 5.21. The van der Waals surface area contributed by atoms with Gasteiger partial charge in [0.2, 0.25) is 0 Å². The molecule has 0 aromatic heterocycles. The van der Waals surface area contributed by atoms with Crippen molar-refractivity contribution in [3.63, 3.8) is 0 Å². The number of rotatable bonds is 5. The molecule has 1 N–H and O–H groups in total. The zero-order chi connectivity index (χ0) is 15.6. The van der Waals surface area contributed by atoms with Gasteiger partial charge in [-0.05, 0) is 49.9 Å². The molecule has 1 aromatic carbocycles. The van der Waals surface area contributed by atoms with E-state index in [1.54, 1.807) is 0 Å². The van der Waals surface area contributed by atoms with E-state index >= 15 is 0 Å². The summed E-state index contributed by atoms with van der Waals surface area (Å²) in [7, 11) is 2.02. The van der Waals surface area contributed by atoms with Crippen LogP contribution in [0, 0.1) is 11.8 Å². The van der Waals surface area contributed by atoms with Crippen LogP contribution in [0.25, 0.3) is 0 Å². The van der Waals surface area contributed by atoms with Crippen molar-refractivity contribution in [3.05, 3.63) is 28.8 Å². The van der Waals surface area contributed by atoms with Gasteiger partial charge in [0.05, 0.1) is 0 Å². The van der Waals surface area contributed by atoms with E-state index in [2.05, 4.69) is 33.0 Å². The van der Waals surface area contributed by atoms with Crippen LogP contribution in [0.2, 0.25) is 5.02 Å². The molecule has 0 spiro atoms. The van der Waals surface area contributed by atoms with Crippen molar-refractivity contribution in [1.29, 1.82) is 0 Å². The van der Waals surface area contributed by atoms with Crippen molar-refractivity contribution >= 4 is 11.6 Å². The summed E-state index contributed by atoms with van der Waals surface area (Å²) >= 11 is 6.16. The largest absolute Gasteiger partial charge is 0.487 e. The van der Waals surface area contributed by atoms with Crippen molar-refractivity contribution in [3.8, 4) is 5.75 Å². The summed E-state index contributed by atoms with van der Waals surface area (Å²) in [6.07, 6.45) is 3.18. The minimum absolute atomic E-state index is 0.0726. The molecule has 1 aromatic rings. The molecule has 0 fully saturated rings. The van der Waals surface area contributed by atoms with E-state index < -0.39 is 0 Å². The standard InChI is InChI=1S/C18H28ClNO/c1-12(2)9-18(10-13(3)4)11-16(20-5)15-8-14(19)6-7-17(15)21-18/h6-8,12-13,16,20H,9-11H2,1-5H3. The van der Waals surface area contributed by atoms with Gasteiger partial charge < -0.3 is 10.1 Å². The number of ether oxygens (including phenoxy) is 1. The predicted octanol–water partition coefficient (Wildman–Crippen LogP) is 5.21. The van der Waals surface area contributed by atoms with Gasteiger partial charge in [-0.1, -0.05) is 39.3 Å². The third-order valence-corrected chi connectivity index (χ3v) is 4.39. The van der Waals surface area contributed by atoms with Crippen molar-refractivity contribution in [2.75, 3.05) is 7.05 Å². The molecule has 0 saturated carbocycles. The normalized spacial score (nSPS) is 20.5. The average molecular weight is 310 g/mol. The molecule has 2 rings (SSSR count). The van der Waals surface area contributed by atoms with Crippen LogP contribution in [0.1, 0.15) is 58.6 Å². The molecule has 1 aliphatic rings. The Bertz CT molecular complexity index is 474. The van der Waals surface area contributed by atoms with Gasteiger partial charge >= 0.3 is 0 Å². The summed E-state index contributed by atoms with van der Waals surface area (Å²) in [5.41, 5.74) is 1.12. The lowest BCUT2D eigenvalue weighted by Crippen LogP contribution is -2.45. The zero-order valence-corrected chi connectivity index (χ0v) is 14.6. The maximum absolute atomic E-state index is 6.53. The predicted molar refractivity (Wildman–Crippen MR) is 90.1 cm³/mol. The highest BCUT2D eigenvalue weighted by atomic mass is 35.5. The molecule has 0 amide bonds. The van der Waals surface area contributed by atoms with Crippen LogP contribution >= 0.6 is 11.6 Å². The molecule has 0 saturated heterocycles. The molecule has 118 valence electrons. The first kappa shape index (κ1) is 16.6. The second-order valence-electron chi connectivity index (χ2n) is 7.21. The van der Waals surface area contributed by atoms with Gasteiger partial charge in [-0.3, -0.25) is 0 Å². The molecule has 1 heterocycles. The van der Waals surface area contributed by atoms with Crippen molar-refractivity contribution in [1.82, 2.24) is 5.32 Å². The van der Waals surface area contributed by atoms with Crippen molar-refractivity contribution in [2.24, 2.45) is 11.8 Å². The molecular formula is C18H28ClNO. The molecule has 1 unspecified atom stereocenters. The quantitative estimate of drug-likeness (QED) is 0.805. The summed E-state index contributed by atoms with van der Waals surface area (Å²) in [6.45, 7) is 9.10. The van der Waals surface area contributed by atoms with Crippen molar-refractivity contribution < 1.29 is 4.74 Å². The van der Waals surface area contributed by atoms with Gasteiger partial charge in [0.1, 0.15) is 11.4 Å². The Labute approximate surface area is 134 Å². The van der Waals surface area contributed by atoms with Gasteiger partial charge in [0.25, 0.3) is 0 Å². The van der Waals surface area contributed by atoms with Gasteiger partial charge in [-0.25, -0.2) is 0 Å². The minimum Gasteiger partial charge on any atom is -0.487 e. The number of benzene rings is 1. The number of nitrogens with one attached hydrogen (secondary N) is 1. The summed E-state index contributed by atoms with van der Waals surface area (Å²) in [5.74, 6) is 2.23. The second-order valence-corrected chi connectivity index (χ2v) is 7.64. The van der Waals surface area contributed by atoms with Crippen LogP contribution in [-0.2, 0) is 0 Å². The third kappa shape index (κ3) is 3.92. The SMILES string of the molecule is CNC1CC(CC(C)C)(CC(C)C)Oc2ccc(Cl)cc21. The third-order valence-electron chi connectivity index (χ3n) is 4.16. The number of halogens is 1. The fourth-order valence-electron chi connectivity index (χ4n) is 3.72. The van der Waals surface area contributed by atoms with Crippen LogP contribution in [0.4, 0.5) is 0 Å². The van der Waals surface area contributed by atoms with Crippen molar-refractivity contribution in [2.45, 2.75) is 58.6 Å². The smallest absolute Gasteiger partial charge is 0.125 e. The van der Waals surface area contributed by atoms with E-state index in [1.165, 1.54) is 5.56 Å². The highest BCUT2D eigenvalue weighted by molar-refractivity contribution is 6.30. The van der Waals surface area contributed by atoms with E-state index in [0.717, 1.165) is 30.0 Å². The molecule has 3 heteroatoms. The van der Waals surface area contributed by atoms with E-state index in [0.29, 0.717) is 17.9 Å². The summed E-state index contributed by atoms with van der Waals surface area (Å²) < 4.78 is 6.53. The Morgan fingerprint density at radius 2 is 1.86 bits per heavy atom. The van der Waals surface area contributed by atoms with Gasteiger partial charge in [-0.15, -0.1) is 0 Å².